The van der Waals surface area contributed by atoms with Crippen molar-refractivity contribution in [3.8, 4) is 5.69 Å². The lowest BCUT2D eigenvalue weighted by molar-refractivity contribution is -0.136. The Labute approximate surface area is 231 Å². The summed E-state index contributed by atoms with van der Waals surface area (Å²) >= 11 is 0. The van der Waals surface area contributed by atoms with Crippen molar-refractivity contribution in [2.24, 2.45) is 18.9 Å². The number of benzene rings is 1. The summed E-state index contributed by atoms with van der Waals surface area (Å²) in [5.41, 5.74) is 0.574. The molecule has 2 aliphatic rings. The van der Waals surface area contributed by atoms with Crippen LogP contribution in [0.15, 0.2) is 53.8 Å². The molecule has 2 fully saturated rings. The Morgan fingerprint density at radius 3 is 2.60 bits per heavy atom. The SMILES string of the molecule is C[C@@H]1CCCCN(Cc2cc(C(F)(F)F)c3cn(-c4cccc([C@H](c5nncn5C)C5CCC5)c4)c(=O)n3c2)C1. The van der Waals surface area contributed by atoms with Crippen LogP contribution < -0.4 is 5.69 Å². The topological polar surface area (TPSA) is 60.4 Å². The Morgan fingerprint density at radius 1 is 1.07 bits per heavy atom. The summed E-state index contributed by atoms with van der Waals surface area (Å²) < 4.78 is 47.3. The van der Waals surface area contributed by atoms with Crippen LogP contribution in [-0.4, -0.2) is 41.7 Å². The van der Waals surface area contributed by atoms with E-state index < -0.39 is 17.4 Å². The van der Waals surface area contributed by atoms with Crippen molar-refractivity contribution < 1.29 is 13.2 Å². The summed E-state index contributed by atoms with van der Waals surface area (Å²) in [6.07, 6.45) is 6.59. The van der Waals surface area contributed by atoms with Gasteiger partial charge in [-0.3, -0.25) is 13.9 Å². The van der Waals surface area contributed by atoms with Gasteiger partial charge in [-0.05, 0) is 73.4 Å². The van der Waals surface area contributed by atoms with Crippen LogP contribution in [0.3, 0.4) is 0 Å². The van der Waals surface area contributed by atoms with Gasteiger partial charge in [-0.25, -0.2) is 4.79 Å². The maximum atomic E-state index is 14.3. The van der Waals surface area contributed by atoms with Crippen molar-refractivity contribution in [1.82, 2.24) is 28.6 Å². The van der Waals surface area contributed by atoms with E-state index in [4.69, 9.17) is 0 Å². The molecular weight excluding hydrogens is 517 g/mol. The zero-order valence-electron chi connectivity index (χ0n) is 22.9. The lowest BCUT2D eigenvalue weighted by Crippen LogP contribution is -2.28. The summed E-state index contributed by atoms with van der Waals surface area (Å²) in [5.74, 6) is 1.75. The fraction of sp³-hybridized carbons (Fsp3) is 0.500. The van der Waals surface area contributed by atoms with E-state index in [1.165, 1.54) is 16.8 Å². The summed E-state index contributed by atoms with van der Waals surface area (Å²) in [6, 6.07) is 8.75. The number of likely N-dealkylation sites (tertiary alicyclic amines) is 1. The smallest absolute Gasteiger partial charge is 0.320 e. The van der Waals surface area contributed by atoms with E-state index in [0.717, 1.165) is 67.4 Å². The molecular formula is C30H35F3N6O. The first-order valence-corrected chi connectivity index (χ1v) is 14.2. The monoisotopic (exact) mass is 552 g/mol. The van der Waals surface area contributed by atoms with Crippen LogP contribution in [0.2, 0.25) is 0 Å². The first-order chi connectivity index (χ1) is 19.2. The molecule has 0 radical (unpaired) electrons. The number of nitrogens with zero attached hydrogens (tertiary/aromatic N) is 6. The fourth-order valence-electron chi connectivity index (χ4n) is 6.44. The van der Waals surface area contributed by atoms with Gasteiger partial charge in [0, 0.05) is 38.4 Å². The minimum atomic E-state index is -4.59. The molecule has 1 saturated carbocycles. The van der Waals surface area contributed by atoms with Gasteiger partial charge in [0.05, 0.1) is 16.8 Å². The molecule has 7 nitrogen and oxygen atoms in total. The number of hydrogen-bond acceptors (Lipinski definition) is 4. The van der Waals surface area contributed by atoms with Crippen LogP contribution in [0.25, 0.3) is 11.2 Å². The highest BCUT2D eigenvalue weighted by Gasteiger charge is 2.35. The Morgan fingerprint density at radius 2 is 1.90 bits per heavy atom. The van der Waals surface area contributed by atoms with Gasteiger partial charge in [0.15, 0.2) is 0 Å². The average Bonchev–Trinajstić information content (AvgIpc) is 3.38. The third kappa shape index (κ3) is 5.09. The highest BCUT2D eigenvalue weighted by atomic mass is 19.4. The Balaban J connectivity index is 1.42. The quantitative estimate of drug-likeness (QED) is 0.304. The standard InChI is InChI=1S/C30H35F3N6O/c1-20-7-3-4-12-37(15-20)16-21-13-25(30(31,32)33)26-18-38(29(40)39(26)17-21)24-11-6-10-23(14-24)27(22-8-5-9-22)28-35-34-19-36(28)2/h6,10-11,13-14,17-20,22,27H,3-5,7-9,12,15-16H2,1-2H3/t20-,27-/m1/s1. The number of hydrogen-bond donors (Lipinski definition) is 0. The third-order valence-corrected chi connectivity index (χ3v) is 8.68. The first-order valence-electron chi connectivity index (χ1n) is 14.2. The second kappa shape index (κ2) is 10.5. The van der Waals surface area contributed by atoms with Crippen molar-refractivity contribution in [3.05, 3.63) is 82.1 Å². The van der Waals surface area contributed by atoms with Gasteiger partial charge in [-0.2, -0.15) is 13.2 Å². The number of pyridine rings is 1. The van der Waals surface area contributed by atoms with Crippen molar-refractivity contribution in [2.45, 2.75) is 64.1 Å². The lowest BCUT2D eigenvalue weighted by atomic mass is 9.72. The normalized spacial score (nSPS) is 20.0. The van der Waals surface area contributed by atoms with Gasteiger partial charge in [0.25, 0.3) is 0 Å². The highest BCUT2D eigenvalue weighted by molar-refractivity contribution is 5.58. The van der Waals surface area contributed by atoms with Crippen LogP contribution >= 0.6 is 0 Å². The Hall–Kier alpha value is -3.40. The zero-order chi connectivity index (χ0) is 28.0. The molecule has 0 bridgehead atoms. The number of alkyl halides is 3. The molecule has 10 heteroatoms. The highest BCUT2D eigenvalue weighted by Crippen LogP contribution is 2.43. The largest absolute Gasteiger partial charge is 0.418 e. The molecule has 1 saturated heterocycles. The van der Waals surface area contributed by atoms with E-state index in [0.29, 0.717) is 29.6 Å². The number of aromatic nitrogens is 5. The molecule has 1 aliphatic heterocycles. The minimum absolute atomic E-state index is 0.00212. The third-order valence-electron chi connectivity index (χ3n) is 8.68. The van der Waals surface area contributed by atoms with Crippen molar-refractivity contribution in [3.63, 3.8) is 0 Å². The molecule has 0 amide bonds. The molecule has 2 atom stereocenters. The molecule has 212 valence electrons. The van der Waals surface area contributed by atoms with Crippen LogP contribution in [0, 0.1) is 11.8 Å². The Kier molecular flexibility index (Phi) is 7.06. The Bertz CT molecular complexity index is 1560. The average molecular weight is 553 g/mol. The number of aryl methyl sites for hydroxylation is 1. The van der Waals surface area contributed by atoms with E-state index in [2.05, 4.69) is 22.0 Å². The number of imidazole rings is 1. The molecule has 4 aromatic rings. The van der Waals surface area contributed by atoms with Crippen LogP contribution in [-0.2, 0) is 19.8 Å². The minimum Gasteiger partial charge on any atom is -0.320 e. The zero-order valence-corrected chi connectivity index (χ0v) is 22.9. The summed E-state index contributed by atoms with van der Waals surface area (Å²) in [5, 5.41) is 8.44. The van der Waals surface area contributed by atoms with Crippen LogP contribution in [0.1, 0.15) is 73.9 Å². The molecule has 0 unspecified atom stereocenters. The van der Waals surface area contributed by atoms with E-state index in [1.807, 2.05) is 29.8 Å². The second-order valence-electron chi connectivity index (χ2n) is 11.7. The maximum absolute atomic E-state index is 14.3. The van der Waals surface area contributed by atoms with Gasteiger partial charge in [-0.1, -0.05) is 31.9 Å². The molecule has 1 aromatic carbocycles. The molecule has 4 heterocycles. The lowest BCUT2D eigenvalue weighted by Gasteiger charge is -2.33. The van der Waals surface area contributed by atoms with E-state index >= 15 is 0 Å². The number of halogens is 3. The van der Waals surface area contributed by atoms with Crippen molar-refractivity contribution in [1.29, 1.82) is 0 Å². The molecule has 40 heavy (non-hydrogen) atoms. The van der Waals surface area contributed by atoms with Gasteiger partial charge in [-0.15, -0.1) is 10.2 Å². The van der Waals surface area contributed by atoms with Gasteiger partial charge in [0.2, 0.25) is 0 Å². The first kappa shape index (κ1) is 26.8. The molecule has 1 aliphatic carbocycles. The molecule has 0 spiro atoms. The molecule has 6 rings (SSSR count). The molecule has 0 N–H and O–H groups in total. The van der Waals surface area contributed by atoms with Gasteiger partial charge < -0.3 is 4.57 Å². The van der Waals surface area contributed by atoms with Crippen LogP contribution in [0.5, 0.6) is 0 Å². The predicted octanol–water partition coefficient (Wildman–Crippen LogP) is 5.79. The number of fused-ring (bicyclic) bond motifs is 1. The summed E-state index contributed by atoms with van der Waals surface area (Å²) in [4.78, 5) is 15.8. The summed E-state index contributed by atoms with van der Waals surface area (Å²) in [7, 11) is 1.92. The van der Waals surface area contributed by atoms with Crippen molar-refractivity contribution in [2.75, 3.05) is 13.1 Å². The number of rotatable bonds is 6. The predicted molar refractivity (Wildman–Crippen MR) is 146 cm³/mol. The van der Waals surface area contributed by atoms with Crippen molar-refractivity contribution >= 4 is 5.52 Å². The van der Waals surface area contributed by atoms with Crippen LogP contribution in [0.4, 0.5) is 13.2 Å². The van der Waals surface area contributed by atoms with E-state index in [1.54, 1.807) is 18.6 Å². The van der Waals surface area contributed by atoms with Gasteiger partial charge in [0.1, 0.15) is 12.2 Å². The second-order valence-corrected chi connectivity index (χ2v) is 11.7. The van der Waals surface area contributed by atoms with Gasteiger partial charge >= 0.3 is 11.9 Å². The fourth-order valence-corrected chi connectivity index (χ4v) is 6.44. The maximum Gasteiger partial charge on any atom is 0.418 e. The summed E-state index contributed by atoms with van der Waals surface area (Å²) in [6.45, 7) is 4.26. The van der Waals surface area contributed by atoms with E-state index in [9.17, 15) is 18.0 Å². The van der Waals surface area contributed by atoms with E-state index in [-0.39, 0.29) is 11.4 Å². The molecule has 3 aromatic heterocycles.